The maximum atomic E-state index is 13.0. The zero-order valence-corrected chi connectivity index (χ0v) is 14.7. The summed E-state index contributed by atoms with van der Waals surface area (Å²) in [6, 6.07) is 2.30. The van der Waals surface area contributed by atoms with E-state index < -0.39 is 11.7 Å². The minimum Gasteiger partial charge on any atom is -0.378 e. The molecule has 146 valence electrons. The molecule has 0 aromatic carbocycles. The number of nitrogens with zero attached hydrogens (tertiary/aromatic N) is 5. The second-order valence-electron chi connectivity index (χ2n) is 6.87. The van der Waals surface area contributed by atoms with Crippen molar-refractivity contribution in [2.24, 2.45) is 5.92 Å². The molecule has 4 rings (SSSR count). The quantitative estimate of drug-likeness (QED) is 0.792. The van der Waals surface area contributed by atoms with Gasteiger partial charge >= 0.3 is 6.18 Å². The Kier molecular flexibility index (Phi) is 4.67. The molecule has 2 fully saturated rings. The number of carbonyl (C=O) groups excluding carboxylic acids is 1. The summed E-state index contributed by atoms with van der Waals surface area (Å²) < 4.78 is 45.8. The fourth-order valence-electron chi connectivity index (χ4n) is 3.66. The van der Waals surface area contributed by atoms with Crippen molar-refractivity contribution in [3.8, 4) is 0 Å². The summed E-state index contributed by atoms with van der Waals surface area (Å²) in [4.78, 5) is 16.4. The lowest BCUT2D eigenvalue weighted by atomic mass is 9.96. The lowest BCUT2D eigenvalue weighted by Crippen LogP contribution is -2.48. The normalized spacial score (nSPS) is 21.7. The predicted octanol–water partition coefficient (Wildman–Crippen LogP) is 1.82. The highest BCUT2D eigenvalue weighted by Crippen LogP contribution is 2.31. The van der Waals surface area contributed by atoms with E-state index in [-0.39, 0.29) is 11.8 Å². The molecular formula is C17H20F3N5O2. The molecule has 1 atom stereocenters. The highest BCUT2D eigenvalue weighted by Gasteiger charge is 2.33. The van der Waals surface area contributed by atoms with Crippen LogP contribution < -0.4 is 4.90 Å². The predicted molar refractivity (Wildman–Crippen MR) is 90.3 cm³/mol. The van der Waals surface area contributed by atoms with Gasteiger partial charge < -0.3 is 14.5 Å². The van der Waals surface area contributed by atoms with Crippen LogP contribution in [-0.2, 0) is 15.7 Å². The van der Waals surface area contributed by atoms with Gasteiger partial charge in [-0.1, -0.05) is 0 Å². The third kappa shape index (κ3) is 3.58. The van der Waals surface area contributed by atoms with Gasteiger partial charge in [-0.3, -0.25) is 9.20 Å². The minimum atomic E-state index is -4.44. The molecule has 4 heterocycles. The first kappa shape index (κ1) is 18.0. The number of morpholine rings is 1. The van der Waals surface area contributed by atoms with Crippen molar-refractivity contribution in [3.63, 3.8) is 0 Å². The van der Waals surface area contributed by atoms with Crippen LogP contribution in [0.25, 0.3) is 5.65 Å². The van der Waals surface area contributed by atoms with E-state index in [1.54, 1.807) is 4.90 Å². The Hall–Kier alpha value is -2.36. The summed E-state index contributed by atoms with van der Waals surface area (Å²) in [6.07, 6.45) is -1.89. The maximum Gasteiger partial charge on any atom is 0.417 e. The lowest BCUT2D eigenvalue weighted by molar-refractivity contribution is -0.140. The first-order valence-electron chi connectivity index (χ1n) is 8.97. The number of alkyl halides is 3. The van der Waals surface area contributed by atoms with Crippen molar-refractivity contribution >= 4 is 17.5 Å². The number of hydrogen-bond acceptors (Lipinski definition) is 5. The molecule has 0 N–H and O–H groups in total. The van der Waals surface area contributed by atoms with Crippen LogP contribution in [0, 0.1) is 5.92 Å². The molecule has 7 nitrogen and oxygen atoms in total. The van der Waals surface area contributed by atoms with Crippen LogP contribution >= 0.6 is 0 Å². The van der Waals surface area contributed by atoms with Crippen molar-refractivity contribution in [2.45, 2.75) is 19.0 Å². The van der Waals surface area contributed by atoms with E-state index in [2.05, 4.69) is 10.2 Å². The zero-order chi connectivity index (χ0) is 19.0. The first-order chi connectivity index (χ1) is 12.9. The third-order valence-electron chi connectivity index (χ3n) is 5.09. The van der Waals surface area contributed by atoms with Crippen molar-refractivity contribution in [1.29, 1.82) is 0 Å². The third-order valence-corrected chi connectivity index (χ3v) is 5.09. The number of carbonyl (C=O) groups is 1. The van der Waals surface area contributed by atoms with Gasteiger partial charge in [0.25, 0.3) is 0 Å². The number of rotatable bonds is 2. The van der Waals surface area contributed by atoms with Gasteiger partial charge in [-0.15, -0.1) is 10.2 Å². The number of amides is 1. The molecule has 27 heavy (non-hydrogen) atoms. The molecule has 0 saturated carbocycles. The van der Waals surface area contributed by atoms with Crippen LogP contribution in [0.4, 0.5) is 19.1 Å². The van der Waals surface area contributed by atoms with Crippen LogP contribution in [0.15, 0.2) is 18.3 Å². The fourth-order valence-corrected chi connectivity index (χ4v) is 3.66. The van der Waals surface area contributed by atoms with Crippen LogP contribution in [0.2, 0.25) is 0 Å². The first-order valence-corrected chi connectivity index (χ1v) is 8.97. The summed E-state index contributed by atoms with van der Waals surface area (Å²) in [7, 11) is 0. The Morgan fingerprint density at radius 1 is 1.15 bits per heavy atom. The Balaban J connectivity index is 1.56. The number of anilines is 1. The molecule has 0 bridgehead atoms. The molecule has 2 aliphatic heterocycles. The van der Waals surface area contributed by atoms with E-state index in [4.69, 9.17) is 4.74 Å². The van der Waals surface area contributed by atoms with E-state index in [9.17, 15) is 18.0 Å². The monoisotopic (exact) mass is 383 g/mol. The van der Waals surface area contributed by atoms with E-state index in [0.29, 0.717) is 51.0 Å². The number of hydrogen-bond donors (Lipinski definition) is 0. The highest BCUT2D eigenvalue weighted by molar-refractivity contribution is 5.79. The summed E-state index contributed by atoms with van der Waals surface area (Å²) in [5.74, 6) is 0.221. The summed E-state index contributed by atoms with van der Waals surface area (Å²) in [5, 5.41) is 8.04. The molecule has 10 heteroatoms. The number of aromatic nitrogens is 3. The van der Waals surface area contributed by atoms with Gasteiger partial charge in [0.05, 0.1) is 24.7 Å². The van der Waals surface area contributed by atoms with Gasteiger partial charge in [-0.05, 0) is 25.0 Å². The average molecular weight is 383 g/mol. The van der Waals surface area contributed by atoms with Crippen molar-refractivity contribution in [2.75, 3.05) is 44.3 Å². The molecule has 0 aliphatic carbocycles. The summed E-state index contributed by atoms with van der Waals surface area (Å²) in [6.45, 7) is 3.29. The number of halogens is 3. The summed E-state index contributed by atoms with van der Waals surface area (Å²) >= 11 is 0. The summed E-state index contributed by atoms with van der Waals surface area (Å²) in [5.41, 5.74) is -0.409. The van der Waals surface area contributed by atoms with Gasteiger partial charge in [-0.2, -0.15) is 13.2 Å². The van der Waals surface area contributed by atoms with Crippen molar-refractivity contribution in [1.82, 2.24) is 19.5 Å². The van der Waals surface area contributed by atoms with Gasteiger partial charge in [0.1, 0.15) is 0 Å². The average Bonchev–Trinajstić information content (AvgIpc) is 3.11. The number of fused-ring (bicyclic) bond motifs is 1. The molecular weight excluding hydrogens is 363 g/mol. The highest BCUT2D eigenvalue weighted by atomic mass is 19.4. The smallest absolute Gasteiger partial charge is 0.378 e. The molecule has 2 aromatic rings. The second kappa shape index (κ2) is 6.99. The van der Waals surface area contributed by atoms with Crippen LogP contribution in [-0.4, -0.2) is 64.8 Å². The van der Waals surface area contributed by atoms with Crippen LogP contribution in [0.1, 0.15) is 18.4 Å². The van der Waals surface area contributed by atoms with Crippen LogP contribution in [0.5, 0.6) is 0 Å². The lowest BCUT2D eigenvalue weighted by Gasteiger charge is -2.36. The van der Waals surface area contributed by atoms with Gasteiger partial charge in [0, 0.05) is 32.4 Å². The fraction of sp³-hybridized carbons (Fsp3) is 0.588. The molecule has 0 spiro atoms. The Labute approximate surface area is 153 Å². The molecule has 2 aliphatic rings. The number of piperidine rings is 1. The molecule has 1 amide bonds. The Morgan fingerprint density at radius 2 is 1.93 bits per heavy atom. The minimum absolute atomic E-state index is 0.0767. The standard InChI is InChI=1S/C17H20F3N5O2/c18-17(19,20)13-3-4-14-21-22-16(25(14)11-13)24-5-1-2-12(10-24)15(26)23-6-8-27-9-7-23/h3-4,11-12H,1-2,5-10H2/t12-/m1/s1. The second-order valence-corrected chi connectivity index (χ2v) is 6.87. The maximum absolute atomic E-state index is 13.0. The largest absolute Gasteiger partial charge is 0.417 e. The van der Waals surface area contributed by atoms with Crippen molar-refractivity contribution in [3.05, 3.63) is 23.9 Å². The van der Waals surface area contributed by atoms with E-state index >= 15 is 0 Å². The number of pyridine rings is 1. The van der Waals surface area contributed by atoms with E-state index in [1.165, 1.54) is 10.5 Å². The van der Waals surface area contributed by atoms with E-state index in [1.807, 2.05) is 4.90 Å². The number of ether oxygens (including phenoxy) is 1. The van der Waals surface area contributed by atoms with E-state index in [0.717, 1.165) is 25.1 Å². The molecule has 0 radical (unpaired) electrons. The van der Waals surface area contributed by atoms with Crippen molar-refractivity contribution < 1.29 is 22.7 Å². The SMILES string of the molecule is O=C([C@@H]1CCCN(c2nnc3ccc(C(F)(F)F)cn23)C1)N1CCOCC1. The molecule has 2 saturated heterocycles. The Bertz CT molecular complexity index is 832. The van der Waals surface area contributed by atoms with Gasteiger partial charge in [0.2, 0.25) is 11.9 Å². The Morgan fingerprint density at radius 3 is 2.67 bits per heavy atom. The van der Waals surface area contributed by atoms with Gasteiger partial charge in [0.15, 0.2) is 5.65 Å². The molecule has 2 aromatic heterocycles. The topological polar surface area (TPSA) is 63.0 Å². The van der Waals surface area contributed by atoms with Crippen LogP contribution in [0.3, 0.4) is 0 Å². The van der Waals surface area contributed by atoms with Gasteiger partial charge in [-0.25, -0.2) is 0 Å². The zero-order valence-electron chi connectivity index (χ0n) is 14.7. The molecule has 0 unspecified atom stereocenters.